The number of aliphatic carboxylic acids is 2. The van der Waals surface area contributed by atoms with Crippen molar-refractivity contribution in [1.82, 2.24) is 16.0 Å². The molecule has 0 radical (unpaired) electrons. The van der Waals surface area contributed by atoms with Gasteiger partial charge in [-0.1, -0.05) is 12.1 Å². The number of aromatic hydroxyl groups is 1. The van der Waals surface area contributed by atoms with Crippen LogP contribution in [-0.4, -0.2) is 87.7 Å². The first-order valence-electron chi connectivity index (χ1n) is 12.6. The highest BCUT2D eigenvalue weighted by atomic mass is 32.2. The number of carbonyl (C=O) groups is 5. The van der Waals surface area contributed by atoms with E-state index in [0.717, 1.165) is 0 Å². The molecule has 1 aromatic carbocycles. The third-order valence-electron chi connectivity index (χ3n) is 5.81. The molecule has 0 fully saturated rings. The highest BCUT2D eigenvalue weighted by Crippen LogP contribution is 2.12. The fourth-order valence-electron chi connectivity index (χ4n) is 3.59. The highest BCUT2D eigenvalue weighted by molar-refractivity contribution is 7.98. The van der Waals surface area contributed by atoms with Crippen LogP contribution in [0.25, 0.3) is 0 Å². The predicted octanol–water partition coefficient (Wildman–Crippen LogP) is -0.452. The molecule has 3 amide bonds. The first kappa shape index (κ1) is 33.7. The second-order valence-electron chi connectivity index (χ2n) is 9.00. The van der Waals surface area contributed by atoms with Crippen molar-refractivity contribution in [2.24, 2.45) is 11.5 Å². The van der Waals surface area contributed by atoms with Gasteiger partial charge in [-0.3, -0.25) is 19.2 Å². The van der Waals surface area contributed by atoms with Gasteiger partial charge >= 0.3 is 11.9 Å². The Balaban J connectivity index is 2.96. The number of carboxylic acids is 2. The van der Waals surface area contributed by atoms with Crippen molar-refractivity contribution in [2.45, 2.75) is 69.1 Å². The van der Waals surface area contributed by atoms with Crippen LogP contribution in [0.1, 0.15) is 44.1 Å². The van der Waals surface area contributed by atoms with Gasteiger partial charge in [0.15, 0.2) is 0 Å². The van der Waals surface area contributed by atoms with Gasteiger partial charge in [0.1, 0.15) is 23.9 Å². The van der Waals surface area contributed by atoms with E-state index in [1.807, 2.05) is 6.26 Å². The van der Waals surface area contributed by atoms with E-state index in [9.17, 15) is 34.2 Å². The molecule has 0 heterocycles. The summed E-state index contributed by atoms with van der Waals surface area (Å²) in [7, 11) is 0. The summed E-state index contributed by atoms with van der Waals surface area (Å²) in [6, 6.07) is 1.50. The van der Waals surface area contributed by atoms with E-state index in [1.54, 1.807) is 12.1 Å². The molecule has 0 aliphatic carbocycles. The van der Waals surface area contributed by atoms with Crippen LogP contribution >= 0.6 is 11.8 Å². The standard InChI is InChI=1S/C25H39N5O8S/c1-39-13-11-19(28-22(34)17(27)14-15-5-7-16(31)8-6-15)24(36)29-18(9-10-21(32)33)23(35)30-20(25(37)38)4-2-3-12-26/h5-8,17-20,31H,2-4,9-14,26-27H2,1H3,(H,28,34)(H,29,36)(H,30,35)(H,32,33)(H,37,38). The SMILES string of the molecule is CSCCC(NC(=O)C(N)Cc1ccc(O)cc1)C(=O)NC(CCC(=O)O)C(=O)NC(CCCCN)C(=O)O. The third kappa shape index (κ3) is 13.3. The number of phenols is 1. The maximum atomic E-state index is 13.1. The molecule has 0 saturated heterocycles. The normalized spacial score (nSPS) is 13.9. The van der Waals surface area contributed by atoms with Gasteiger partial charge in [-0.15, -0.1) is 0 Å². The highest BCUT2D eigenvalue weighted by Gasteiger charge is 2.30. The number of amides is 3. The number of carbonyl (C=O) groups excluding carboxylic acids is 3. The molecule has 1 aromatic rings. The zero-order valence-electron chi connectivity index (χ0n) is 21.9. The van der Waals surface area contributed by atoms with E-state index >= 15 is 0 Å². The Bertz CT molecular complexity index is 962. The van der Waals surface area contributed by atoms with Gasteiger partial charge in [-0.25, -0.2) is 4.79 Å². The van der Waals surface area contributed by atoms with Crippen LogP contribution in [0.15, 0.2) is 24.3 Å². The predicted molar refractivity (Wildman–Crippen MR) is 146 cm³/mol. The summed E-state index contributed by atoms with van der Waals surface area (Å²) in [5.41, 5.74) is 12.2. The molecular formula is C25H39N5O8S. The molecule has 10 N–H and O–H groups in total. The van der Waals surface area contributed by atoms with Crippen LogP contribution in [0.2, 0.25) is 0 Å². The zero-order chi connectivity index (χ0) is 29.4. The van der Waals surface area contributed by atoms with Crippen molar-refractivity contribution in [1.29, 1.82) is 0 Å². The van der Waals surface area contributed by atoms with Gasteiger partial charge < -0.3 is 42.7 Å². The Morgan fingerprint density at radius 3 is 1.95 bits per heavy atom. The van der Waals surface area contributed by atoms with Crippen molar-refractivity contribution in [2.75, 3.05) is 18.6 Å². The van der Waals surface area contributed by atoms with Gasteiger partial charge in [0.25, 0.3) is 0 Å². The zero-order valence-corrected chi connectivity index (χ0v) is 22.7. The van der Waals surface area contributed by atoms with E-state index in [1.165, 1.54) is 23.9 Å². The minimum absolute atomic E-state index is 0.0669. The number of carboxylic acid groups (broad SMARTS) is 2. The fraction of sp³-hybridized carbons (Fsp3) is 0.560. The number of hydrogen-bond donors (Lipinski definition) is 8. The van der Waals surface area contributed by atoms with Gasteiger partial charge in [0, 0.05) is 6.42 Å². The average Bonchev–Trinajstić information content (AvgIpc) is 2.88. The molecule has 0 aliphatic rings. The molecule has 218 valence electrons. The van der Waals surface area contributed by atoms with Crippen LogP contribution in [0.4, 0.5) is 0 Å². The molecule has 4 atom stereocenters. The lowest BCUT2D eigenvalue weighted by molar-refractivity contribution is -0.143. The van der Waals surface area contributed by atoms with Gasteiger partial charge in [-0.2, -0.15) is 11.8 Å². The molecule has 13 nitrogen and oxygen atoms in total. The van der Waals surface area contributed by atoms with Crippen molar-refractivity contribution >= 4 is 41.4 Å². The lowest BCUT2D eigenvalue weighted by Crippen LogP contribution is -2.57. The van der Waals surface area contributed by atoms with Gasteiger partial charge in [0.2, 0.25) is 17.7 Å². The van der Waals surface area contributed by atoms with E-state index in [2.05, 4.69) is 16.0 Å². The van der Waals surface area contributed by atoms with Gasteiger partial charge in [0.05, 0.1) is 6.04 Å². The monoisotopic (exact) mass is 569 g/mol. The maximum absolute atomic E-state index is 13.1. The molecule has 39 heavy (non-hydrogen) atoms. The van der Waals surface area contributed by atoms with Crippen LogP contribution < -0.4 is 27.4 Å². The second-order valence-corrected chi connectivity index (χ2v) is 9.98. The van der Waals surface area contributed by atoms with Crippen molar-refractivity contribution in [3.8, 4) is 5.75 Å². The number of hydrogen-bond acceptors (Lipinski definition) is 9. The van der Waals surface area contributed by atoms with E-state index in [0.29, 0.717) is 30.7 Å². The molecule has 14 heteroatoms. The first-order chi connectivity index (χ1) is 18.5. The molecule has 0 saturated carbocycles. The number of unbranched alkanes of at least 4 members (excludes halogenated alkanes) is 1. The number of nitrogens with one attached hydrogen (secondary N) is 3. The Morgan fingerprint density at radius 1 is 0.846 bits per heavy atom. The molecule has 0 spiro atoms. The summed E-state index contributed by atoms with van der Waals surface area (Å²) in [4.78, 5) is 61.5. The quantitative estimate of drug-likeness (QED) is 0.0993. The van der Waals surface area contributed by atoms with Gasteiger partial charge in [-0.05, 0) is 74.8 Å². The minimum Gasteiger partial charge on any atom is -0.508 e. The number of phenolic OH excluding ortho intramolecular Hbond substituents is 1. The summed E-state index contributed by atoms with van der Waals surface area (Å²) in [5.74, 6) is -4.10. The summed E-state index contributed by atoms with van der Waals surface area (Å²) in [6.07, 6.45) is 2.55. The third-order valence-corrected chi connectivity index (χ3v) is 6.46. The summed E-state index contributed by atoms with van der Waals surface area (Å²) in [5, 5.41) is 35.4. The van der Waals surface area contributed by atoms with E-state index < -0.39 is 60.2 Å². The Morgan fingerprint density at radius 2 is 1.41 bits per heavy atom. The minimum atomic E-state index is -1.34. The largest absolute Gasteiger partial charge is 0.508 e. The smallest absolute Gasteiger partial charge is 0.326 e. The van der Waals surface area contributed by atoms with Crippen molar-refractivity contribution in [3.05, 3.63) is 29.8 Å². The number of rotatable bonds is 19. The van der Waals surface area contributed by atoms with Crippen LogP contribution in [0.5, 0.6) is 5.75 Å². The van der Waals surface area contributed by atoms with Crippen LogP contribution in [0, 0.1) is 0 Å². The fourth-order valence-corrected chi connectivity index (χ4v) is 4.06. The molecular weight excluding hydrogens is 530 g/mol. The molecule has 0 aromatic heterocycles. The van der Waals surface area contributed by atoms with E-state index in [-0.39, 0.29) is 31.4 Å². The molecule has 1 rings (SSSR count). The van der Waals surface area contributed by atoms with Crippen LogP contribution in [-0.2, 0) is 30.4 Å². The second kappa shape index (κ2) is 18.0. The summed E-state index contributed by atoms with van der Waals surface area (Å²) < 4.78 is 0. The Kier molecular flexibility index (Phi) is 15.6. The molecule has 0 bridgehead atoms. The topological polar surface area (TPSA) is 234 Å². The van der Waals surface area contributed by atoms with Crippen molar-refractivity contribution < 1.29 is 39.3 Å². The van der Waals surface area contributed by atoms with Crippen LogP contribution in [0.3, 0.4) is 0 Å². The maximum Gasteiger partial charge on any atom is 0.326 e. The summed E-state index contributed by atoms with van der Waals surface area (Å²) in [6.45, 7) is 0.360. The van der Waals surface area contributed by atoms with Crippen molar-refractivity contribution in [3.63, 3.8) is 0 Å². The first-order valence-corrected chi connectivity index (χ1v) is 14.0. The lowest BCUT2D eigenvalue weighted by atomic mass is 10.0. The van der Waals surface area contributed by atoms with E-state index in [4.69, 9.17) is 16.6 Å². The number of thioether (sulfide) groups is 1. The number of benzene rings is 1. The Labute approximate surface area is 231 Å². The Hall–Kier alpha value is -3.36. The summed E-state index contributed by atoms with van der Waals surface area (Å²) >= 11 is 1.43. The molecule has 0 aliphatic heterocycles. The molecule has 4 unspecified atom stereocenters. The average molecular weight is 570 g/mol. The lowest BCUT2D eigenvalue weighted by Gasteiger charge is -2.25. The number of nitrogens with two attached hydrogens (primary N) is 2.